The number of aliphatic carboxylic acids is 1. The molecule has 0 bridgehead atoms. The molecule has 1 aliphatic carbocycles. The summed E-state index contributed by atoms with van der Waals surface area (Å²) in [7, 11) is 0. The molecule has 1 aromatic carbocycles. The first kappa shape index (κ1) is 13.5. The van der Waals surface area contributed by atoms with Gasteiger partial charge in [-0.15, -0.1) is 0 Å². The topological polar surface area (TPSA) is 40.5 Å². The van der Waals surface area contributed by atoms with Crippen LogP contribution in [0.1, 0.15) is 24.8 Å². The summed E-state index contributed by atoms with van der Waals surface area (Å²) >= 11 is 6.24. The van der Waals surface area contributed by atoms with Crippen molar-refractivity contribution in [1.82, 2.24) is 0 Å². The van der Waals surface area contributed by atoms with E-state index in [-0.39, 0.29) is 0 Å². The van der Waals surface area contributed by atoms with E-state index in [2.05, 4.69) is 4.90 Å². The zero-order valence-corrected chi connectivity index (χ0v) is 12.0. The molecule has 0 spiro atoms. The lowest BCUT2D eigenvalue weighted by Gasteiger charge is -2.22. The molecule has 3 rings (SSSR count). The van der Waals surface area contributed by atoms with Gasteiger partial charge in [0.15, 0.2) is 0 Å². The smallest absolute Gasteiger partial charge is 0.328 e. The molecule has 20 heavy (non-hydrogen) atoms. The SMILES string of the molecule is O=C(O)/C=C/c1c(Cl)cccc1N1CC2CCCC2C1. The Bertz CT molecular complexity index is 543. The largest absolute Gasteiger partial charge is 0.478 e. The summed E-state index contributed by atoms with van der Waals surface area (Å²) in [5.74, 6) is 0.643. The van der Waals surface area contributed by atoms with E-state index in [4.69, 9.17) is 16.7 Å². The fraction of sp³-hybridized carbons (Fsp3) is 0.438. The third-order valence-electron chi connectivity index (χ3n) is 4.49. The number of anilines is 1. The molecule has 2 fully saturated rings. The number of halogens is 1. The number of nitrogens with zero attached hydrogens (tertiary/aromatic N) is 1. The number of benzene rings is 1. The van der Waals surface area contributed by atoms with Gasteiger partial charge in [0, 0.05) is 35.4 Å². The van der Waals surface area contributed by atoms with Crippen molar-refractivity contribution in [3.63, 3.8) is 0 Å². The number of carbonyl (C=O) groups is 1. The van der Waals surface area contributed by atoms with E-state index < -0.39 is 5.97 Å². The quantitative estimate of drug-likeness (QED) is 0.864. The second-order valence-electron chi connectivity index (χ2n) is 5.70. The van der Waals surface area contributed by atoms with Gasteiger partial charge in [0.2, 0.25) is 0 Å². The number of hydrogen-bond acceptors (Lipinski definition) is 2. The molecule has 106 valence electrons. The van der Waals surface area contributed by atoms with Crippen LogP contribution in [0.15, 0.2) is 24.3 Å². The van der Waals surface area contributed by atoms with Gasteiger partial charge in [0.1, 0.15) is 0 Å². The van der Waals surface area contributed by atoms with Gasteiger partial charge in [-0.2, -0.15) is 0 Å². The first-order valence-corrected chi connectivity index (χ1v) is 7.47. The second-order valence-corrected chi connectivity index (χ2v) is 6.11. The van der Waals surface area contributed by atoms with Crippen LogP contribution in [0, 0.1) is 11.8 Å². The molecule has 1 saturated carbocycles. The number of hydrogen-bond donors (Lipinski definition) is 1. The summed E-state index contributed by atoms with van der Waals surface area (Å²) < 4.78 is 0. The predicted molar refractivity (Wildman–Crippen MR) is 81.2 cm³/mol. The van der Waals surface area contributed by atoms with Crippen LogP contribution < -0.4 is 4.90 Å². The van der Waals surface area contributed by atoms with Crippen molar-refractivity contribution < 1.29 is 9.90 Å². The summed E-state index contributed by atoms with van der Waals surface area (Å²) in [4.78, 5) is 13.1. The molecule has 0 aromatic heterocycles. The van der Waals surface area contributed by atoms with Crippen LogP contribution in [0.5, 0.6) is 0 Å². The van der Waals surface area contributed by atoms with Crippen LogP contribution in [0.3, 0.4) is 0 Å². The third-order valence-corrected chi connectivity index (χ3v) is 4.82. The second kappa shape index (κ2) is 5.49. The first-order chi connectivity index (χ1) is 9.65. The molecule has 1 aromatic rings. The molecule has 1 N–H and O–H groups in total. The van der Waals surface area contributed by atoms with Crippen LogP contribution in [0.25, 0.3) is 6.08 Å². The van der Waals surface area contributed by atoms with Crippen LogP contribution in [-0.2, 0) is 4.79 Å². The van der Waals surface area contributed by atoms with Crippen LogP contribution in [0.4, 0.5) is 5.69 Å². The highest BCUT2D eigenvalue weighted by Gasteiger charge is 2.36. The van der Waals surface area contributed by atoms with Crippen molar-refractivity contribution in [2.24, 2.45) is 11.8 Å². The fourth-order valence-corrected chi connectivity index (χ4v) is 3.79. The van der Waals surface area contributed by atoms with Gasteiger partial charge in [-0.3, -0.25) is 0 Å². The molecule has 1 heterocycles. The van der Waals surface area contributed by atoms with Crippen molar-refractivity contribution in [1.29, 1.82) is 0 Å². The van der Waals surface area contributed by atoms with Crippen LogP contribution in [-0.4, -0.2) is 24.2 Å². The Kier molecular flexibility index (Phi) is 3.70. The van der Waals surface area contributed by atoms with Gasteiger partial charge in [-0.1, -0.05) is 24.1 Å². The minimum atomic E-state index is -0.950. The fourth-order valence-electron chi connectivity index (χ4n) is 3.55. The predicted octanol–water partition coefficient (Wildman–Crippen LogP) is 3.67. The van der Waals surface area contributed by atoms with Crippen molar-refractivity contribution >= 4 is 29.3 Å². The highest BCUT2D eigenvalue weighted by molar-refractivity contribution is 6.32. The third kappa shape index (κ3) is 2.55. The van der Waals surface area contributed by atoms with Gasteiger partial charge in [-0.25, -0.2) is 4.79 Å². The maximum Gasteiger partial charge on any atom is 0.328 e. The van der Waals surface area contributed by atoms with Gasteiger partial charge in [0.25, 0.3) is 0 Å². The normalized spacial score (nSPS) is 25.4. The number of carboxylic acid groups (broad SMARTS) is 1. The van der Waals surface area contributed by atoms with Crippen molar-refractivity contribution in [3.8, 4) is 0 Å². The molecule has 2 aliphatic rings. The Balaban J connectivity index is 1.89. The Morgan fingerprint density at radius 2 is 2.00 bits per heavy atom. The van der Waals surface area contributed by atoms with E-state index in [0.717, 1.165) is 42.3 Å². The average molecular weight is 292 g/mol. The Labute approximate surface area is 123 Å². The van der Waals surface area contributed by atoms with E-state index in [1.165, 1.54) is 19.3 Å². The highest BCUT2D eigenvalue weighted by Crippen LogP contribution is 2.41. The van der Waals surface area contributed by atoms with Crippen molar-refractivity contribution in [2.45, 2.75) is 19.3 Å². The molecule has 3 nitrogen and oxygen atoms in total. The first-order valence-electron chi connectivity index (χ1n) is 7.09. The molecule has 0 radical (unpaired) electrons. The monoisotopic (exact) mass is 291 g/mol. The minimum Gasteiger partial charge on any atom is -0.478 e. The number of rotatable bonds is 3. The summed E-state index contributed by atoms with van der Waals surface area (Å²) in [5.41, 5.74) is 1.88. The molecule has 1 aliphatic heterocycles. The highest BCUT2D eigenvalue weighted by atomic mass is 35.5. The molecule has 4 heteroatoms. The zero-order valence-electron chi connectivity index (χ0n) is 11.3. The van der Waals surface area contributed by atoms with E-state index >= 15 is 0 Å². The summed E-state index contributed by atoms with van der Waals surface area (Å²) in [6, 6.07) is 5.78. The maximum atomic E-state index is 10.7. The van der Waals surface area contributed by atoms with E-state index in [1.807, 2.05) is 18.2 Å². The standard InChI is InChI=1S/C16H18ClNO2/c17-14-5-2-6-15(13(14)7-8-16(19)20)18-9-11-3-1-4-12(11)10-18/h2,5-8,11-12H,1,3-4,9-10H2,(H,19,20)/b8-7+. The maximum absolute atomic E-state index is 10.7. The Morgan fingerprint density at radius 1 is 1.30 bits per heavy atom. The summed E-state index contributed by atoms with van der Waals surface area (Å²) in [6.45, 7) is 2.14. The number of carboxylic acids is 1. The van der Waals surface area contributed by atoms with E-state index in [9.17, 15) is 4.79 Å². The van der Waals surface area contributed by atoms with Gasteiger partial charge >= 0.3 is 5.97 Å². The zero-order chi connectivity index (χ0) is 14.1. The average Bonchev–Trinajstić information content (AvgIpc) is 2.97. The lowest BCUT2D eigenvalue weighted by molar-refractivity contribution is -0.131. The Hall–Kier alpha value is -1.48. The summed E-state index contributed by atoms with van der Waals surface area (Å²) in [5, 5.41) is 9.42. The number of fused-ring (bicyclic) bond motifs is 1. The molecule has 0 amide bonds. The minimum absolute atomic E-state index is 0.608. The van der Waals surface area contributed by atoms with Crippen LogP contribution >= 0.6 is 11.6 Å². The lowest BCUT2D eigenvalue weighted by atomic mass is 10.0. The Morgan fingerprint density at radius 3 is 2.65 bits per heavy atom. The van der Waals surface area contributed by atoms with E-state index in [0.29, 0.717) is 5.02 Å². The van der Waals surface area contributed by atoms with E-state index in [1.54, 1.807) is 6.08 Å². The molecule has 2 atom stereocenters. The van der Waals surface area contributed by atoms with Crippen LogP contribution in [0.2, 0.25) is 5.02 Å². The van der Waals surface area contributed by atoms with Crippen molar-refractivity contribution in [3.05, 3.63) is 34.9 Å². The molecular weight excluding hydrogens is 274 g/mol. The lowest BCUT2D eigenvalue weighted by Crippen LogP contribution is -2.21. The van der Waals surface area contributed by atoms with Gasteiger partial charge < -0.3 is 10.0 Å². The van der Waals surface area contributed by atoms with Gasteiger partial charge in [0.05, 0.1) is 0 Å². The van der Waals surface area contributed by atoms with Crippen molar-refractivity contribution in [2.75, 3.05) is 18.0 Å². The molecular formula is C16H18ClNO2. The van der Waals surface area contributed by atoms with Gasteiger partial charge in [-0.05, 0) is 42.9 Å². The molecule has 1 saturated heterocycles. The molecule has 2 unspecified atom stereocenters. The summed E-state index contributed by atoms with van der Waals surface area (Å²) in [6.07, 6.45) is 6.75.